The van der Waals surface area contributed by atoms with Crippen LogP contribution in [0.2, 0.25) is 0 Å². The molecule has 0 radical (unpaired) electrons. The van der Waals surface area contributed by atoms with Crippen molar-refractivity contribution >= 4 is 17.0 Å². The van der Waals surface area contributed by atoms with Crippen molar-refractivity contribution in [3.63, 3.8) is 0 Å². The molecule has 1 aliphatic rings. The number of nitrogen functional groups attached to an aromatic ring is 1. The second kappa shape index (κ2) is 4.49. The van der Waals surface area contributed by atoms with E-state index in [0.29, 0.717) is 5.92 Å². The van der Waals surface area contributed by atoms with Crippen molar-refractivity contribution in [1.82, 2.24) is 4.98 Å². The molecule has 0 saturated heterocycles. The first-order chi connectivity index (χ1) is 8.33. The fourth-order valence-electron chi connectivity index (χ4n) is 2.50. The summed E-state index contributed by atoms with van der Waals surface area (Å²) in [5, 5.41) is 3.31. The highest BCUT2D eigenvalue weighted by molar-refractivity contribution is 7.13. The lowest BCUT2D eigenvalue weighted by molar-refractivity contribution is 0.704. The molecular formula is C14H16N2S. The molecular weight excluding hydrogens is 228 g/mol. The zero-order valence-electron chi connectivity index (χ0n) is 9.73. The average Bonchev–Trinajstić information content (AvgIpc) is 3.00. The Morgan fingerprint density at radius 2 is 2.06 bits per heavy atom. The normalized spacial score (nSPS) is 16.5. The van der Waals surface area contributed by atoms with Crippen LogP contribution in [0.3, 0.4) is 0 Å². The molecule has 2 nitrogen and oxygen atoms in total. The molecule has 3 rings (SSSR count). The van der Waals surface area contributed by atoms with Crippen LogP contribution in [-0.4, -0.2) is 4.98 Å². The van der Waals surface area contributed by atoms with E-state index in [2.05, 4.69) is 11.4 Å². The van der Waals surface area contributed by atoms with E-state index in [1.54, 1.807) is 11.3 Å². The predicted molar refractivity (Wildman–Crippen MR) is 73.2 cm³/mol. The number of thiazole rings is 1. The third-order valence-corrected chi connectivity index (χ3v) is 4.34. The molecule has 1 fully saturated rings. The number of nitrogens with zero attached hydrogens (tertiary/aromatic N) is 1. The van der Waals surface area contributed by atoms with Gasteiger partial charge in [-0.15, -0.1) is 11.3 Å². The highest BCUT2D eigenvalue weighted by atomic mass is 32.1. The molecule has 0 unspecified atom stereocenters. The number of rotatable bonds is 2. The lowest BCUT2D eigenvalue weighted by Gasteiger charge is -2.03. The van der Waals surface area contributed by atoms with Gasteiger partial charge in [-0.1, -0.05) is 25.0 Å². The Hall–Kier alpha value is -1.35. The molecule has 1 aliphatic carbocycles. The third-order valence-electron chi connectivity index (χ3n) is 3.43. The Bertz CT molecular complexity index is 512. The Morgan fingerprint density at radius 3 is 2.82 bits per heavy atom. The fraction of sp³-hybridized carbons (Fsp3) is 0.357. The highest BCUT2D eigenvalue weighted by Gasteiger charge is 2.19. The first-order valence-electron chi connectivity index (χ1n) is 6.14. The van der Waals surface area contributed by atoms with Gasteiger partial charge in [0, 0.05) is 22.5 Å². The molecule has 0 atom stereocenters. The van der Waals surface area contributed by atoms with Crippen molar-refractivity contribution in [2.45, 2.75) is 31.6 Å². The summed E-state index contributed by atoms with van der Waals surface area (Å²) in [6.45, 7) is 0. The standard InChI is InChI=1S/C14H16N2S/c15-12-7-3-6-11(8-12)14-16-13(9-17-14)10-4-1-2-5-10/h3,6-10H,1-2,4-5,15H2. The van der Waals surface area contributed by atoms with Crippen LogP contribution in [0.25, 0.3) is 10.6 Å². The van der Waals surface area contributed by atoms with Crippen LogP contribution in [0.5, 0.6) is 0 Å². The van der Waals surface area contributed by atoms with E-state index < -0.39 is 0 Å². The van der Waals surface area contributed by atoms with Gasteiger partial charge in [0.15, 0.2) is 0 Å². The van der Waals surface area contributed by atoms with Crippen LogP contribution < -0.4 is 5.73 Å². The predicted octanol–water partition coefficient (Wildman–Crippen LogP) is 4.05. The monoisotopic (exact) mass is 244 g/mol. The molecule has 0 amide bonds. The summed E-state index contributed by atoms with van der Waals surface area (Å²) >= 11 is 1.73. The quantitative estimate of drug-likeness (QED) is 0.809. The number of hydrogen-bond acceptors (Lipinski definition) is 3. The van der Waals surface area contributed by atoms with Crippen molar-refractivity contribution in [3.8, 4) is 10.6 Å². The summed E-state index contributed by atoms with van der Waals surface area (Å²) in [6.07, 6.45) is 5.33. The minimum absolute atomic E-state index is 0.695. The van der Waals surface area contributed by atoms with Gasteiger partial charge in [0.05, 0.1) is 5.69 Å². The number of nitrogens with two attached hydrogens (primary N) is 1. The molecule has 1 aromatic carbocycles. The zero-order valence-corrected chi connectivity index (χ0v) is 10.5. The van der Waals surface area contributed by atoms with E-state index in [9.17, 15) is 0 Å². The summed E-state index contributed by atoms with van der Waals surface area (Å²) in [5.41, 5.74) is 9.03. The SMILES string of the molecule is Nc1cccc(-c2nc(C3CCCC3)cs2)c1. The maximum absolute atomic E-state index is 5.80. The highest BCUT2D eigenvalue weighted by Crippen LogP contribution is 2.36. The first kappa shape index (κ1) is 10.8. The van der Waals surface area contributed by atoms with E-state index in [0.717, 1.165) is 16.3 Å². The lowest BCUT2D eigenvalue weighted by Crippen LogP contribution is -1.92. The number of benzene rings is 1. The molecule has 2 aromatic rings. The van der Waals surface area contributed by atoms with Crippen LogP contribution in [0.1, 0.15) is 37.3 Å². The number of hydrogen-bond donors (Lipinski definition) is 1. The zero-order chi connectivity index (χ0) is 11.7. The fourth-order valence-corrected chi connectivity index (χ4v) is 3.40. The Balaban J connectivity index is 1.89. The summed E-state index contributed by atoms with van der Waals surface area (Å²) in [5.74, 6) is 0.695. The molecule has 17 heavy (non-hydrogen) atoms. The molecule has 0 spiro atoms. The molecule has 3 heteroatoms. The van der Waals surface area contributed by atoms with E-state index in [4.69, 9.17) is 10.7 Å². The van der Waals surface area contributed by atoms with E-state index >= 15 is 0 Å². The largest absolute Gasteiger partial charge is 0.399 e. The molecule has 0 aliphatic heterocycles. The Kier molecular flexibility index (Phi) is 2.85. The Morgan fingerprint density at radius 1 is 1.24 bits per heavy atom. The van der Waals surface area contributed by atoms with Crippen LogP contribution in [0.15, 0.2) is 29.6 Å². The first-order valence-corrected chi connectivity index (χ1v) is 7.02. The van der Waals surface area contributed by atoms with E-state index in [1.807, 2.05) is 18.2 Å². The molecule has 0 bridgehead atoms. The second-order valence-corrected chi connectivity index (χ2v) is 5.54. The van der Waals surface area contributed by atoms with Crippen molar-refractivity contribution in [3.05, 3.63) is 35.3 Å². The van der Waals surface area contributed by atoms with Crippen LogP contribution >= 0.6 is 11.3 Å². The third kappa shape index (κ3) is 2.20. The van der Waals surface area contributed by atoms with Crippen LogP contribution in [-0.2, 0) is 0 Å². The van der Waals surface area contributed by atoms with Gasteiger partial charge in [-0.25, -0.2) is 4.98 Å². The van der Waals surface area contributed by atoms with Gasteiger partial charge in [0.25, 0.3) is 0 Å². The van der Waals surface area contributed by atoms with Gasteiger partial charge in [0.2, 0.25) is 0 Å². The molecule has 1 saturated carbocycles. The Labute approximate surface area is 106 Å². The molecule has 1 heterocycles. The lowest BCUT2D eigenvalue weighted by atomic mass is 10.1. The van der Waals surface area contributed by atoms with Crippen molar-refractivity contribution < 1.29 is 0 Å². The topological polar surface area (TPSA) is 38.9 Å². The minimum Gasteiger partial charge on any atom is -0.399 e. The smallest absolute Gasteiger partial charge is 0.123 e. The number of aromatic nitrogens is 1. The maximum Gasteiger partial charge on any atom is 0.123 e. The van der Waals surface area contributed by atoms with Crippen LogP contribution in [0.4, 0.5) is 5.69 Å². The summed E-state index contributed by atoms with van der Waals surface area (Å²) in [4.78, 5) is 4.77. The van der Waals surface area contributed by atoms with Crippen molar-refractivity contribution in [2.75, 3.05) is 5.73 Å². The van der Waals surface area contributed by atoms with Gasteiger partial charge in [-0.05, 0) is 25.0 Å². The van der Waals surface area contributed by atoms with Gasteiger partial charge < -0.3 is 5.73 Å². The second-order valence-electron chi connectivity index (χ2n) is 4.68. The summed E-state index contributed by atoms with van der Waals surface area (Å²) in [7, 11) is 0. The van der Waals surface area contributed by atoms with Gasteiger partial charge in [0.1, 0.15) is 5.01 Å². The average molecular weight is 244 g/mol. The van der Waals surface area contributed by atoms with Crippen molar-refractivity contribution in [2.24, 2.45) is 0 Å². The van der Waals surface area contributed by atoms with Gasteiger partial charge >= 0.3 is 0 Å². The van der Waals surface area contributed by atoms with Crippen LogP contribution in [0, 0.1) is 0 Å². The van der Waals surface area contributed by atoms with Crippen molar-refractivity contribution in [1.29, 1.82) is 0 Å². The summed E-state index contributed by atoms with van der Waals surface area (Å²) in [6, 6.07) is 7.97. The van der Waals surface area contributed by atoms with Gasteiger partial charge in [-0.2, -0.15) is 0 Å². The maximum atomic E-state index is 5.80. The molecule has 1 aromatic heterocycles. The van der Waals surface area contributed by atoms with E-state index in [1.165, 1.54) is 31.4 Å². The van der Waals surface area contributed by atoms with Gasteiger partial charge in [-0.3, -0.25) is 0 Å². The summed E-state index contributed by atoms with van der Waals surface area (Å²) < 4.78 is 0. The molecule has 2 N–H and O–H groups in total. The van der Waals surface area contributed by atoms with E-state index in [-0.39, 0.29) is 0 Å². The molecule has 88 valence electrons. The number of anilines is 1. The minimum atomic E-state index is 0.695.